The van der Waals surface area contributed by atoms with E-state index in [1.54, 1.807) is 39.2 Å². The molecule has 0 aliphatic carbocycles. The molecule has 1 N–H and O–H groups in total. The molecule has 2 amide bonds. The van der Waals surface area contributed by atoms with E-state index in [1.165, 1.54) is 24.1 Å². The van der Waals surface area contributed by atoms with E-state index in [-0.39, 0.29) is 17.6 Å². The number of anilines is 1. The molecule has 1 aromatic heterocycles. The van der Waals surface area contributed by atoms with Gasteiger partial charge in [0.2, 0.25) is 0 Å². The van der Waals surface area contributed by atoms with Crippen LogP contribution in [0, 0.1) is 12.8 Å². The van der Waals surface area contributed by atoms with Gasteiger partial charge in [0.25, 0.3) is 17.4 Å². The molecule has 0 bridgehead atoms. The molecule has 0 saturated carbocycles. The van der Waals surface area contributed by atoms with E-state index in [0.717, 1.165) is 43.3 Å². The highest BCUT2D eigenvalue weighted by atomic mass is 35.5. The lowest BCUT2D eigenvalue weighted by molar-refractivity contribution is -0.261. The van der Waals surface area contributed by atoms with Crippen LogP contribution in [0.3, 0.4) is 0 Å². The number of nitrogens with zero attached hydrogens (tertiary/aromatic N) is 4. The minimum atomic E-state index is -5.16. The second-order valence-corrected chi connectivity index (χ2v) is 10.4. The molecule has 1 aliphatic heterocycles. The summed E-state index contributed by atoms with van der Waals surface area (Å²) in [5, 5.41) is 10.8. The zero-order valence-electron chi connectivity index (χ0n) is 22.1. The molecule has 2 aromatic rings. The van der Waals surface area contributed by atoms with Crippen molar-refractivity contribution in [2.75, 3.05) is 45.7 Å². The van der Waals surface area contributed by atoms with Crippen LogP contribution < -0.4 is 4.90 Å². The van der Waals surface area contributed by atoms with Crippen molar-refractivity contribution in [3.63, 3.8) is 0 Å². The fourth-order valence-electron chi connectivity index (χ4n) is 4.73. The summed E-state index contributed by atoms with van der Waals surface area (Å²) < 4.78 is 41.7. The van der Waals surface area contributed by atoms with E-state index < -0.39 is 23.2 Å². The van der Waals surface area contributed by atoms with Gasteiger partial charge in [-0.2, -0.15) is 13.2 Å². The van der Waals surface area contributed by atoms with Crippen LogP contribution >= 0.6 is 11.6 Å². The van der Waals surface area contributed by atoms with Crippen LogP contribution in [-0.2, 0) is 10.4 Å². The molecule has 38 heavy (non-hydrogen) atoms. The van der Waals surface area contributed by atoms with Crippen molar-refractivity contribution in [2.24, 2.45) is 5.92 Å². The molecule has 0 unspecified atom stereocenters. The summed E-state index contributed by atoms with van der Waals surface area (Å²) in [4.78, 5) is 33.9. The van der Waals surface area contributed by atoms with Gasteiger partial charge in [-0.1, -0.05) is 41.4 Å². The van der Waals surface area contributed by atoms with Crippen molar-refractivity contribution >= 4 is 29.2 Å². The molecule has 7 nitrogen and oxygen atoms in total. The Morgan fingerprint density at radius 2 is 1.79 bits per heavy atom. The predicted molar refractivity (Wildman–Crippen MR) is 140 cm³/mol. The maximum absolute atomic E-state index is 13.9. The summed E-state index contributed by atoms with van der Waals surface area (Å²) in [5.74, 6) is -0.567. The topological polar surface area (TPSA) is 77.0 Å². The van der Waals surface area contributed by atoms with Crippen molar-refractivity contribution in [1.82, 2.24) is 14.8 Å². The molecule has 3 rings (SSSR count). The lowest BCUT2D eigenvalue weighted by atomic mass is 9.89. The van der Waals surface area contributed by atoms with E-state index in [1.807, 2.05) is 0 Å². The number of rotatable bonds is 8. The number of aryl methyl sites for hydroxylation is 1. The number of carbonyl (C=O) groups is 2. The lowest BCUT2D eigenvalue weighted by Crippen LogP contribution is -2.55. The molecule has 2 heterocycles. The molecular formula is C27H34ClF3N4O3. The van der Waals surface area contributed by atoms with Gasteiger partial charge in [-0.25, -0.2) is 4.98 Å². The number of aliphatic hydroxyl groups is 1. The molecule has 1 saturated heterocycles. The Morgan fingerprint density at radius 3 is 2.34 bits per heavy atom. The summed E-state index contributed by atoms with van der Waals surface area (Å²) in [7, 11) is 4.58. The fourth-order valence-corrected chi connectivity index (χ4v) is 4.96. The fraction of sp³-hybridized carbons (Fsp3) is 0.519. The van der Waals surface area contributed by atoms with Crippen molar-refractivity contribution in [3.05, 3.63) is 58.2 Å². The first kappa shape index (κ1) is 29.7. The number of benzene rings is 1. The SMILES string of the molecule is Cc1cccc([C@@](O)(C(=O)N(C)CCCC2CCN(c3ccc(C(=O)N(C)C)c(Cl)n3)CC2)C(F)(F)F)c1. The van der Waals surface area contributed by atoms with E-state index in [9.17, 15) is 27.9 Å². The molecule has 1 atom stereocenters. The van der Waals surface area contributed by atoms with Crippen molar-refractivity contribution in [3.8, 4) is 0 Å². The summed E-state index contributed by atoms with van der Waals surface area (Å²) in [6, 6.07) is 8.75. The van der Waals surface area contributed by atoms with Gasteiger partial charge in [0, 0.05) is 46.3 Å². The van der Waals surface area contributed by atoms with Gasteiger partial charge in [0.15, 0.2) is 0 Å². The summed E-state index contributed by atoms with van der Waals surface area (Å²) in [5.41, 5.74) is -3.22. The third-order valence-electron chi connectivity index (χ3n) is 7.02. The van der Waals surface area contributed by atoms with Crippen LogP contribution in [0.25, 0.3) is 0 Å². The maximum Gasteiger partial charge on any atom is 0.430 e. The largest absolute Gasteiger partial charge is 0.430 e. The van der Waals surface area contributed by atoms with Gasteiger partial charge >= 0.3 is 6.18 Å². The zero-order valence-corrected chi connectivity index (χ0v) is 22.8. The second kappa shape index (κ2) is 11.9. The smallest absolute Gasteiger partial charge is 0.369 e. The Hall–Kier alpha value is -2.85. The molecule has 0 spiro atoms. The highest BCUT2D eigenvalue weighted by Gasteiger charge is 2.61. The molecule has 0 radical (unpaired) electrons. The van der Waals surface area contributed by atoms with E-state index >= 15 is 0 Å². The molecular weight excluding hydrogens is 521 g/mol. The molecule has 1 fully saturated rings. The molecule has 1 aromatic carbocycles. The van der Waals surface area contributed by atoms with E-state index in [0.29, 0.717) is 29.3 Å². The van der Waals surface area contributed by atoms with Gasteiger partial charge in [0.05, 0.1) is 5.56 Å². The zero-order chi connectivity index (χ0) is 28.3. The first-order valence-electron chi connectivity index (χ1n) is 12.5. The first-order chi connectivity index (χ1) is 17.8. The Labute approximate surface area is 226 Å². The van der Waals surface area contributed by atoms with Gasteiger partial charge in [-0.15, -0.1) is 0 Å². The highest BCUT2D eigenvalue weighted by molar-refractivity contribution is 6.32. The van der Waals surface area contributed by atoms with Crippen molar-refractivity contribution < 1.29 is 27.9 Å². The number of piperidine rings is 1. The standard InChI is InChI=1S/C27H34ClF3N4O3/c1-18-7-5-9-20(17-18)26(38,27(29,30)31)25(37)34(4)14-6-8-19-12-15-35(16-13-19)22-11-10-21(23(28)32-22)24(36)33(2)3/h5,7,9-11,17,19,38H,6,8,12-16H2,1-4H3/t26-/m1/s1. The summed E-state index contributed by atoms with van der Waals surface area (Å²) in [6.07, 6.45) is -2.20. The quantitative estimate of drug-likeness (QED) is 0.481. The maximum atomic E-state index is 13.9. The van der Waals surface area contributed by atoms with Crippen LogP contribution in [-0.4, -0.2) is 78.7 Å². The average Bonchev–Trinajstić information content (AvgIpc) is 2.86. The van der Waals surface area contributed by atoms with Crippen LogP contribution in [0.1, 0.15) is 47.2 Å². The Kier molecular flexibility index (Phi) is 9.30. The van der Waals surface area contributed by atoms with Gasteiger partial charge < -0.3 is 19.8 Å². The third-order valence-corrected chi connectivity index (χ3v) is 7.31. The van der Waals surface area contributed by atoms with Crippen LogP contribution in [0.4, 0.5) is 19.0 Å². The number of amides is 2. The normalized spacial score (nSPS) is 16.2. The minimum absolute atomic E-state index is 0.0990. The minimum Gasteiger partial charge on any atom is -0.369 e. The average molecular weight is 555 g/mol. The van der Waals surface area contributed by atoms with Gasteiger partial charge in [-0.05, 0) is 50.7 Å². The monoisotopic (exact) mass is 554 g/mol. The Bertz CT molecular complexity index is 1150. The second-order valence-electron chi connectivity index (χ2n) is 10.1. The summed E-state index contributed by atoms with van der Waals surface area (Å²) >= 11 is 6.24. The van der Waals surface area contributed by atoms with Gasteiger partial charge in [0.1, 0.15) is 11.0 Å². The van der Waals surface area contributed by atoms with E-state index in [4.69, 9.17) is 11.6 Å². The number of carbonyl (C=O) groups excluding carboxylic acids is 2. The number of likely N-dealkylation sites (N-methyl/N-ethyl adjacent to an activating group) is 1. The number of pyridine rings is 1. The predicted octanol–water partition coefficient (Wildman–Crippen LogP) is 4.65. The highest BCUT2D eigenvalue weighted by Crippen LogP contribution is 2.40. The molecule has 1 aliphatic rings. The first-order valence-corrected chi connectivity index (χ1v) is 12.9. The van der Waals surface area contributed by atoms with Crippen LogP contribution in [0.15, 0.2) is 36.4 Å². The number of aromatic nitrogens is 1. The third kappa shape index (κ3) is 6.40. The van der Waals surface area contributed by atoms with Crippen LogP contribution in [0.5, 0.6) is 0 Å². The van der Waals surface area contributed by atoms with Crippen molar-refractivity contribution in [1.29, 1.82) is 0 Å². The number of hydrogen-bond donors (Lipinski definition) is 1. The Morgan fingerprint density at radius 1 is 1.13 bits per heavy atom. The van der Waals surface area contributed by atoms with Crippen LogP contribution in [0.2, 0.25) is 5.15 Å². The lowest BCUT2D eigenvalue weighted by Gasteiger charge is -2.34. The number of alkyl halides is 3. The molecule has 11 heteroatoms. The van der Waals surface area contributed by atoms with E-state index in [2.05, 4.69) is 9.88 Å². The number of halogens is 4. The van der Waals surface area contributed by atoms with Crippen molar-refractivity contribution in [2.45, 2.75) is 44.4 Å². The number of hydrogen-bond acceptors (Lipinski definition) is 5. The summed E-state index contributed by atoms with van der Waals surface area (Å²) in [6.45, 7) is 3.16. The Balaban J connectivity index is 1.54. The van der Waals surface area contributed by atoms with Gasteiger partial charge in [-0.3, -0.25) is 9.59 Å². The molecule has 208 valence electrons.